The molecule has 0 aliphatic rings. The SMILES string of the molecule is Nc1cc(Nc2ccc3cccc(O)c3n2)c2cccc(O)c2c1. The van der Waals surface area contributed by atoms with Crippen LogP contribution in [-0.2, 0) is 0 Å². The summed E-state index contributed by atoms with van der Waals surface area (Å²) in [5, 5.41) is 25.6. The van der Waals surface area contributed by atoms with Crippen molar-refractivity contribution in [2.75, 3.05) is 11.1 Å². The van der Waals surface area contributed by atoms with Crippen LogP contribution >= 0.6 is 0 Å². The predicted molar refractivity (Wildman–Crippen MR) is 96.7 cm³/mol. The molecule has 0 atom stereocenters. The maximum Gasteiger partial charge on any atom is 0.141 e. The fourth-order valence-electron chi connectivity index (χ4n) is 2.83. The van der Waals surface area contributed by atoms with Crippen LogP contribution < -0.4 is 11.1 Å². The molecule has 5 heteroatoms. The Morgan fingerprint density at radius 1 is 0.833 bits per heavy atom. The number of pyridine rings is 1. The average Bonchev–Trinajstić information content (AvgIpc) is 2.57. The quantitative estimate of drug-likeness (QED) is 0.417. The Balaban J connectivity index is 1.85. The molecule has 1 heterocycles. The first-order valence-corrected chi connectivity index (χ1v) is 7.49. The topological polar surface area (TPSA) is 91.4 Å². The molecule has 0 radical (unpaired) electrons. The summed E-state index contributed by atoms with van der Waals surface area (Å²) in [5.74, 6) is 0.887. The van der Waals surface area contributed by atoms with Crippen LogP contribution in [0, 0.1) is 0 Å². The molecule has 0 aliphatic carbocycles. The third-order valence-electron chi connectivity index (χ3n) is 3.96. The molecule has 0 bridgehead atoms. The lowest BCUT2D eigenvalue weighted by atomic mass is 10.1. The van der Waals surface area contributed by atoms with E-state index in [1.165, 1.54) is 0 Å². The zero-order valence-corrected chi connectivity index (χ0v) is 12.7. The number of nitrogens with one attached hydrogen (secondary N) is 1. The van der Waals surface area contributed by atoms with E-state index in [4.69, 9.17) is 5.73 Å². The highest BCUT2D eigenvalue weighted by molar-refractivity contribution is 6.01. The Kier molecular flexibility index (Phi) is 3.13. The Morgan fingerprint density at radius 2 is 1.62 bits per heavy atom. The number of benzene rings is 3. The van der Waals surface area contributed by atoms with Gasteiger partial charge in [-0.3, -0.25) is 0 Å². The molecule has 3 aromatic carbocycles. The molecule has 0 fully saturated rings. The molecule has 0 aliphatic heterocycles. The fourth-order valence-corrected chi connectivity index (χ4v) is 2.83. The van der Waals surface area contributed by atoms with Crippen LogP contribution in [0.25, 0.3) is 21.7 Å². The van der Waals surface area contributed by atoms with E-state index in [0.29, 0.717) is 22.4 Å². The molecule has 1 aromatic heterocycles. The number of para-hydroxylation sites is 1. The highest BCUT2D eigenvalue weighted by atomic mass is 16.3. The lowest BCUT2D eigenvalue weighted by Gasteiger charge is -2.12. The predicted octanol–water partition coefficient (Wildman–Crippen LogP) is 4.13. The van der Waals surface area contributed by atoms with Crippen LogP contribution in [-0.4, -0.2) is 15.2 Å². The number of hydrogen-bond donors (Lipinski definition) is 4. The molecule has 0 amide bonds. The Hall–Kier alpha value is -3.47. The number of phenols is 2. The van der Waals surface area contributed by atoms with Crippen LogP contribution in [0.1, 0.15) is 0 Å². The highest BCUT2D eigenvalue weighted by Gasteiger charge is 2.08. The van der Waals surface area contributed by atoms with Gasteiger partial charge < -0.3 is 21.3 Å². The van der Waals surface area contributed by atoms with E-state index in [1.807, 2.05) is 24.3 Å². The minimum atomic E-state index is 0.131. The van der Waals surface area contributed by atoms with Crippen molar-refractivity contribution in [3.63, 3.8) is 0 Å². The smallest absolute Gasteiger partial charge is 0.141 e. The third-order valence-corrected chi connectivity index (χ3v) is 3.96. The van der Waals surface area contributed by atoms with Gasteiger partial charge in [-0.15, -0.1) is 0 Å². The minimum Gasteiger partial charge on any atom is -0.507 e. The van der Waals surface area contributed by atoms with Crippen LogP contribution in [0.2, 0.25) is 0 Å². The molecular formula is C19H15N3O2. The summed E-state index contributed by atoms with van der Waals surface area (Å²) in [6.07, 6.45) is 0. The van der Waals surface area contributed by atoms with Crippen molar-refractivity contribution in [2.24, 2.45) is 0 Å². The van der Waals surface area contributed by atoms with Crippen LogP contribution in [0.3, 0.4) is 0 Å². The number of aromatic nitrogens is 1. The summed E-state index contributed by atoms with van der Waals surface area (Å²) in [5.41, 5.74) is 7.75. The summed E-state index contributed by atoms with van der Waals surface area (Å²) in [6, 6.07) is 17.8. The molecule has 118 valence electrons. The number of nitrogens with zero attached hydrogens (tertiary/aromatic N) is 1. The lowest BCUT2D eigenvalue weighted by Crippen LogP contribution is -1.97. The van der Waals surface area contributed by atoms with E-state index in [-0.39, 0.29) is 11.5 Å². The van der Waals surface area contributed by atoms with Crippen molar-refractivity contribution >= 4 is 38.9 Å². The van der Waals surface area contributed by atoms with E-state index in [2.05, 4.69) is 10.3 Å². The number of phenolic OH excluding ortho intramolecular Hbond substituents is 2. The highest BCUT2D eigenvalue weighted by Crippen LogP contribution is 2.34. The van der Waals surface area contributed by atoms with Crippen molar-refractivity contribution in [3.05, 3.63) is 60.7 Å². The molecule has 0 unspecified atom stereocenters. The number of hydrogen-bond acceptors (Lipinski definition) is 5. The van der Waals surface area contributed by atoms with Gasteiger partial charge in [0.1, 0.15) is 22.8 Å². The second-order valence-electron chi connectivity index (χ2n) is 5.61. The summed E-state index contributed by atoms with van der Waals surface area (Å²) in [4.78, 5) is 4.46. The molecule has 4 rings (SSSR count). The lowest BCUT2D eigenvalue weighted by molar-refractivity contribution is 0.480. The molecule has 5 N–H and O–H groups in total. The minimum absolute atomic E-state index is 0.131. The summed E-state index contributed by atoms with van der Waals surface area (Å²) >= 11 is 0. The normalized spacial score (nSPS) is 11.0. The van der Waals surface area contributed by atoms with E-state index in [9.17, 15) is 10.2 Å². The van der Waals surface area contributed by atoms with Crippen molar-refractivity contribution in [1.29, 1.82) is 0 Å². The van der Waals surface area contributed by atoms with E-state index in [1.54, 1.807) is 36.4 Å². The second-order valence-corrected chi connectivity index (χ2v) is 5.61. The van der Waals surface area contributed by atoms with Gasteiger partial charge in [-0.2, -0.15) is 0 Å². The van der Waals surface area contributed by atoms with Crippen molar-refractivity contribution < 1.29 is 10.2 Å². The maximum atomic E-state index is 10.0. The van der Waals surface area contributed by atoms with Crippen molar-refractivity contribution in [1.82, 2.24) is 4.98 Å². The molecular weight excluding hydrogens is 302 g/mol. The van der Waals surface area contributed by atoms with Gasteiger partial charge >= 0.3 is 0 Å². The van der Waals surface area contributed by atoms with E-state index < -0.39 is 0 Å². The number of nitrogens with two attached hydrogens (primary N) is 1. The number of rotatable bonds is 2. The number of nitrogen functional groups attached to an aromatic ring is 1. The van der Waals surface area contributed by atoms with Gasteiger partial charge in [-0.05, 0) is 36.4 Å². The first-order valence-electron chi connectivity index (χ1n) is 7.49. The molecule has 0 saturated carbocycles. The van der Waals surface area contributed by atoms with Gasteiger partial charge in [-0.1, -0.05) is 24.3 Å². The van der Waals surface area contributed by atoms with Crippen molar-refractivity contribution in [3.8, 4) is 11.5 Å². The molecule has 0 spiro atoms. The average molecular weight is 317 g/mol. The first kappa shape index (κ1) is 14.1. The Labute approximate surface area is 138 Å². The van der Waals surface area contributed by atoms with Crippen molar-refractivity contribution in [2.45, 2.75) is 0 Å². The summed E-state index contributed by atoms with van der Waals surface area (Å²) < 4.78 is 0. The second kappa shape index (κ2) is 5.31. The first-order chi connectivity index (χ1) is 11.6. The van der Waals surface area contributed by atoms with Crippen LogP contribution in [0.5, 0.6) is 11.5 Å². The summed E-state index contributed by atoms with van der Waals surface area (Å²) in [7, 11) is 0. The van der Waals surface area contributed by atoms with E-state index >= 15 is 0 Å². The van der Waals surface area contributed by atoms with Gasteiger partial charge in [0.25, 0.3) is 0 Å². The molecule has 0 saturated heterocycles. The monoisotopic (exact) mass is 317 g/mol. The molecule has 24 heavy (non-hydrogen) atoms. The maximum absolute atomic E-state index is 10.0. The Morgan fingerprint density at radius 3 is 2.50 bits per heavy atom. The zero-order valence-electron chi connectivity index (χ0n) is 12.7. The van der Waals surface area contributed by atoms with Gasteiger partial charge in [0.15, 0.2) is 0 Å². The van der Waals surface area contributed by atoms with Gasteiger partial charge in [0, 0.05) is 27.5 Å². The zero-order chi connectivity index (χ0) is 16.7. The fraction of sp³-hybridized carbons (Fsp3) is 0. The number of anilines is 3. The Bertz CT molecular complexity index is 1080. The van der Waals surface area contributed by atoms with Gasteiger partial charge in [-0.25, -0.2) is 4.98 Å². The van der Waals surface area contributed by atoms with Crippen LogP contribution in [0.15, 0.2) is 60.7 Å². The number of fused-ring (bicyclic) bond motifs is 2. The third kappa shape index (κ3) is 2.32. The summed E-state index contributed by atoms with van der Waals surface area (Å²) in [6.45, 7) is 0. The van der Waals surface area contributed by atoms with Gasteiger partial charge in [0.2, 0.25) is 0 Å². The van der Waals surface area contributed by atoms with E-state index in [0.717, 1.165) is 16.5 Å². The standard InChI is InChI=1S/C19H15N3O2/c20-12-9-14-13(4-2-5-16(14)23)15(10-12)21-18-8-7-11-3-1-6-17(24)19(11)22-18/h1-10,23-24H,20H2,(H,21,22). The molecule has 4 aromatic rings. The largest absolute Gasteiger partial charge is 0.507 e. The number of aromatic hydroxyl groups is 2. The molecule has 5 nitrogen and oxygen atoms in total. The van der Waals surface area contributed by atoms with Crippen LogP contribution in [0.4, 0.5) is 17.2 Å². The van der Waals surface area contributed by atoms with Gasteiger partial charge in [0.05, 0.1) is 0 Å².